The molecule has 60 heavy (non-hydrogen) atoms. The molecule has 0 saturated carbocycles. The molecule has 12 nitrogen and oxygen atoms in total. The molecular weight excluding hydrogens is 848 g/mol. The molecule has 0 aliphatic heterocycles. The lowest BCUT2D eigenvalue weighted by atomic mass is 9.94. The van der Waals surface area contributed by atoms with Gasteiger partial charge in [-0.2, -0.15) is 0 Å². The molecule has 0 fully saturated rings. The summed E-state index contributed by atoms with van der Waals surface area (Å²) >= 11 is 15.1. The Bertz CT molecular complexity index is 2440. The number of carbonyl (C=O) groups is 4. The first-order chi connectivity index (χ1) is 28.8. The van der Waals surface area contributed by atoms with Crippen molar-refractivity contribution in [2.24, 2.45) is 11.8 Å². The fraction of sp³-hybridized carbons (Fsp3) is 0.227. The summed E-state index contributed by atoms with van der Waals surface area (Å²) in [4.78, 5) is 61.0. The number of carboxylic acids is 2. The molecule has 312 valence electrons. The van der Waals surface area contributed by atoms with Gasteiger partial charge >= 0.3 is 11.9 Å². The molecule has 0 unspecified atom stereocenters. The Labute approximate surface area is 365 Å². The van der Waals surface area contributed by atoms with E-state index in [1.54, 1.807) is 58.6 Å². The highest BCUT2D eigenvalue weighted by molar-refractivity contribution is 7.14. The van der Waals surface area contributed by atoms with Gasteiger partial charge in [0.25, 0.3) is 0 Å². The second kappa shape index (κ2) is 21.5. The number of halogens is 2. The van der Waals surface area contributed by atoms with Gasteiger partial charge in [0.2, 0.25) is 11.8 Å². The van der Waals surface area contributed by atoms with Gasteiger partial charge in [-0.05, 0) is 54.3 Å². The Morgan fingerprint density at radius 1 is 0.650 bits per heavy atom. The minimum Gasteiger partial charge on any atom is -0.497 e. The maximum Gasteiger partial charge on any atom is 0.304 e. The summed E-state index contributed by atoms with van der Waals surface area (Å²) in [5, 5.41) is 24.4. The van der Waals surface area contributed by atoms with Gasteiger partial charge in [0, 0.05) is 46.0 Å². The van der Waals surface area contributed by atoms with Gasteiger partial charge in [-0.25, -0.2) is 9.97 Å². The van der Waals surface area contributed by atoms with Crippen LogP contribution in [0.25, 0.3) is 22.5 Å². The van der Waals surface area contributed by atoms with E-state index in [2.05, 4.69) is 9.97 Å². The summed E-state index contributed by atoms with van der Waals surface area (Å²) in [6.45, 7) is 0. The lowest BCUT2D eigenvalue weighted by Crippen LogP contribution is -2.35. The number of carboxylic acid groups (broad SMARTS) is 2. The van der Waals surface area contributed by atoms with Crippen LogP contribution in [0.4, 0.5) is 10.3 Å². The zero-order valence-electron chi connectivity index (χ0n) is 33.1. The van der Waals surface area contributed by atoms with Crippen LogP contribution >= 0.6 is 45.9 Å². The van der Waals surface area contributed by atoms with Crippen LogP contribution in [0.15, 0.2) is 108 Å². The van der Waals surface area contributed by atoms with Gasteiger partial charge in [-0.1, -0.05) is 89.9 Å². The molecule has 0 aliphatic rings. The van der Waals surface area contributed by atoms with E-state index in [-0.39, 0.29) is 37.5 Å². The largest absolute Gasteiger partial charge is 0.497 e. The Morgan fingerprint density at radius 2 is 1.13 bits per heavy atom. The number of methoxy groups -OCH3 is 2. The lowest BCUT2D eigenvalue weighted by molar-refractivity contribution is -0.141. The van der Waals surface area contributed by atoms with Crippen LogP contribution in [0.1, 0.15) is 24.0 Å². The van der Waals surface area contributed by atoms with E-state index in [1.807, 2.05) is 77.5 Å². The van der Waals surface area contributed by atoms with Crippen molar-refractivity contribution in [2.45, 2.75) is 25.7 Å². The van der Waals surface area contributed by atoms with Crippen molar-refractivity contribution in [3.8, 4) is 34.0 Å². The zero-order valence-corrected chi connectivity index (χ0v) is 36.2. The molecule has 2 heterocycles. The molecule has 0 saturated heterocycles. The fourth-order valence-corrected chi connectivity index (χ4v) is 8.35. The second-order valence-electron chi connectivity index (χ2n) is 13.4. The normalized spacial score (nSPS) is 11.7. The zero-order chi connectivity index (χ0) is 43.3. The highest BCUT2D eigenvalue weighted by Gasteiger charge is 2.29. The third-order valence-electron chi connectivity index (χ3n) is 9.33. The number of nitrogens with zero attached hydrogens (tertiary/aromatic N) is 4. The number of thiazole rings is 2. The van der Waals surface area contributed by atoms with Crippen molar-refractivity contribution in [3.63, 3.8) is 0 Å². The molecule has 0 bridgehead atoms. The first kappa shape index (κ1) is 45.3. The van der Waals surface area contributed by atoms with Crippen LogP contribution in [-0.4, -0.2) is 72.2 Å². The number of benzene rings is 4. The van der Waals surface area contributed by atoms with Gasteiger partial charge in [-0.15, -0.1) is 22.7 Å². The average Bonchev–Trinajstić information content (AvgIpc) is 3.94. The van der Waals surface area contributed by atoms with Crippen LogP contribution in [0.3, 0.4) is 0 Å². The predicted octanol–water partition coefficient (Wildman–Crippen LogP) is 9.54. The number of ether oxygens (including phenoxy) is 2. The predicted molar refractivity (Wildman–Crippen MR) is 237 cm³/mol. The van der Waals surface area contributed by atoms with Crippen LogP contribution < -0.4 is 19.3 Å². The minimum atomic E-state index is -1.03. The molecule has 2 atom stereocenters. The van der Waals surface area contributed by atoms with E-state index in [0.29, 0.717) is 43.2 Å². The number of para-hydroxylation sites is 1. The number of aromatic nitrogens is 2. The van der Waals surface area contributed by atoms with Gasteiger partial charge in [0.15, 0.2) is 10.3 Å². The van der Waals surface area contributed by atoms with Crippen LogP contribution in [0, 0.1) is 11.8 Å². The van der Waals surface area contributed by atoms with Crippen LogP contribution in [-0.2, 0) is 32.0 Å². The Balaban J connectivity index is 0.000000228. The van der Waals surface area contributed by atoms with E-state index >= 15 is 0 Å². The summed E-state index contributed by atoms with van der Waals surface area (Å²) in [7, 11) is 6.32. The third-order valence-corrected chi connectivity index (χ3v) is 11.8. The number of rotatable bonds is 16. The van der Waals surface area contributed by atoms with E-state index < -0.39 is 23.8 Å². The number of hydrogen-bond acceptors (Lipinski definition) is 10. The summed E-state index contributed by atoms with van der Waals surface area (Å²) in [5.41, 5.74) is 4.50. The van der Waals surface area contributed by atoms with Crippen molar-refractivity contribution in [2.75, 3.05) is 38.1 Å². The van der Waals surface area contributed by atoms with E-state index in [4.69, 9.17) is 32.7 Å². The molecule has 2 N–H and O–H groups in total. The first-order valence-electron chi connectivity index (χ1n) is 18.4. The van der Waals surface area contributed by atoms with E-state index in [0.717, 1.165) is 22.3 Å². The maximum absolute atomic E-state index is 13.2. The molecule has 0 spiro atoms. The van der Waals surface area contributed by atoms with Gasteiger partial charge in [0.05, 0.1) is 50.3 Å². The summed E-state index contributed by atoms with van der Waals surface area (Å²) in [5.74, 6) is -2.88. The standard InChI is InChI=1S/2C22H21ClN2O4S/c1-25(22-24-18(13-30-22)16-8-4-5-9-17(16)23)21(28)15(12-20(26)27)11-14-7-3-6-10-19(14)29-2;1-25(22-24-19(13-30-22)17-8-3-4-9-18(17)23)21(28)15(12-20(26)27)10-14-6-5-7-16(11-14)29-2/h3-10,13,15H,11-12H2,1-2H3,(H,26,27);3-9,11,13,15H,10,12H2,1-2H3,(H,26,27)/t2*15-/m11/s1. The quantitative estimate of drug-likeness (QED) is 0.0959. The Kier molecular flexibility index (Phi) is 16.2. The van der Waals surface area contributed by atoms with Crippen molar-refractivity contribution < 1.29 is 38.9 Å². The Hall–Kier alpha value is -5.80. The summed E-state index contributed by atoms with van der Waals surface area (Å²) < 4.78 is 10.6. The monoisotopic (exact) mass is 888 g/mol. The molecule has 16 heteroatoms. The SMILES string of the molecule is COc1cccc(C[C@H](CC(=O)O)C(=O)N(C)c2nc(-c3ccccc3Cl)cs2)c1.COc1ccccc1C[C@H](CC(=O)O)C(=O)N(C)c1nc(-c2ccccc2Cl)cs1. The van der Waals surface area contributed by atoms with Crippen LogP contribution in [0.2, 0.25) is 10.0 Å². The topological polar surface area (TPSA) is 159 Å². The van der Waals surface area contributed by atoms with E-state index in [9.17, 15) is 29.4 Å². The second-order valence-corrected chi connectivity index (χ2v) is 15.9. The number of carbonyl (C=O) groups excluding carboxylic acids is 2. The average molecular weight is 890 g/mol. The van der Waals surface area contributed by atoms with Crippen molar-refractivity contribution >= 4 is 79.9 Å². The molecule has 4 aromatic carbocycles. The van der Waals surface area contributed by atoms with Gasteiger partial charge in [0.1, 0.15) is 11.5 Å². The highest BCUT2D eigenvalue weighted by Crippen LogP contribution is 2.34. The number of hydrogen-bond donors (Lipinski definition) is 2. The highest BCUT2D eigenvalue weighted by atomic mass is 35.5. The van der Waals surface area contributed by atoms with Gasteiger partial charge < -0.3 is 19.7 Å². The molecule has 2 aromatic heterocycles. The molecule has 6 rings (SSSR count). The molecule has 0 aliphatic carbocycles. The maximum atomic E-state index is 13.2. The first-order valence-corrected chi connectivity index (χ1v) is 20.9. The minimum absolute atomic E-state index is 0.252. The molecule has 0 radical (unpaired) electrons. The van der Waals surface area contributed by atoms with Crippen molar-refractivity contribution in [3.05, 3.63) is 129 Å². The summed E-state index contributed by atoms with van der Waals surface area (Å²) in [6, 6.07) is 29.2. The molecule has 6 aromatic rings. The fourth-order valence-electron chi connectivity index (χ4n) is 6.29. The smallest absolute Gasteiger partial charge is 0.304 e. The molecule has 2 amide bonds. The van der Waals surface area contributed by atoms with Gasteiger partial charge in [-0.3, -0.25) is 29.0 Å². The van der Waals surface area contributed by atoms with Crippen LogP contribution in [0.5, 0.6) is 11.5 Å². The number of aliphatic carboxylic acids is 2. The Morgan fingerprint density at radius 3 is 1.62 bits per heavy atom. The third kappa shape index (κ3) is 11.9. The number of amides is 2. The van der Waals surface area contributed by atoms with Crippen molar-refractivity contribution in [1.29, 1.82) is 0 Å². The number of anilines is 2. The van der Waals surface area contributed by atoms with E-state index in [1.165, 1.54) is 32.5 Å². The lowest BCUT2D eigenvalue weighted by Gasteiger charge is -2.21. The van der Waals surface area contributed by atoms with Crippen molar-refractivity contribution in [1.82, 2.24) is 9.97 Å². The summed E-state index contributed by atoms with van der Waals surface area (Å²) in [6.07, 6.45) is -0.0231. The molecular formula is C44H42Cl2N4O8S2.